The molecule has 0 spiro atoms. The molecule has 4 nitrogen and oxygen atoms in total. The van der Waals surface area contributed by atoms with Crippen molar-refractivity contribution in [1.29, 1.82) is 0 Å². The third-order valence-electron chi connectivity index (χ3n) is 3.71. The van der Waals surface area contributed by atoms with Crippen LogP contribution in [0.1, 0.15) is 24.8 Å². The SMILES string of the molecule is COc1ccc(Br)cc1/C=C1\SC(N2CCCCC2)=NC1=O. The maximum absolute atomic E-state index is 12.2. The Morgan fingerprint density at radius 1 is 1.32 bits per heavy atom. The van der Waals surface area contributed by atoms with Crippen molar-refractivity contribution >= 4 is 44.8 Å². The maximum atomic E-state index is 12.2. The number of benzene rings is 1. The summed E-state index contributed by atoms with van der Waals surface area (Å²) >= 11 is 4.91. The molecule has 0 bridgehead atoms. The Bertz CT molecular complexity index is 652. The summed E-state index contributed by atoms with van der Waals surface area (Å²) in [6.45, 7) is 1.99. The van der Waals surface area contributed by atoms with Gasteiger partial charge in [0.2, 0.25) is 0 Å². The van der Waals surface area contributed by atoms with Crippen molar-refractivity contribution < 1.29 is 9.53 Å². The Morgan fingerprint density at radius 3 is 2.82 bits per heavy atom. The minimum absolute atomic E-state index is 0.160. The Labute approximate surface area is 142 Å². The third kappa shape index (κ3) is 3.38. The molecule has 2 aliphatic heterocycles. The highest BCUT2D eigenvalue weighted by atomic mass is 79.9. The molecule has 0 unspecified atom stereocenters. The predicted molar refractivity (Wildman–Crippen MR) is 94.1 cm³/mol. The van der Waals surface area contributed by atoms with Gasteiger partial charge in [0, 0.05) is 23.1 Å². The van der Waals surface area contributed by atoms with E-state index < -0.39 is 0 Å². The van der Waals surface area contributed by atoms with Gasteiger partial charge in [0.1, 0.15) is 5.75 Å². The first-order valence-corrected chi connectivity index (χ1v) is 8.89. The Hall–Kier alpha value is -1.27. The summed E-state index contributed by atoms with van der Waals surface area (Å²) < 4.78 is 6.31. The van der Waals surface area contributed by atoms with Crippen molar-refractivity contribution in [3.05, 3.63) is 33.1 Å². The highest BCUT2D eigenvalue weighted by Gasteiger charge is 2.27. The number of amides is 1. The quantitative estimate of drug-likeness (QED) is 0.729. The maximum Gasteiger partial charge on any atom is 0.286 e. The molecule has 116 valence electrons. The number of ether oxygens (including phenoxy) is 1. The van der Waals surface area contributed by atoms with E-state index in [1.807, 2.05) is 24.3 Å². The molecule has 0 aromatic heterocycles. The van der Waals surface area contributed by atoms with Crippen LogP contribution in [0.15, 0.2) is 32.6 Å². The molecule has 1 aromatic carbocycles. The number of aliphatic imine (C=N–C) groups is 1. The summed E-state index contributed by atoms with van der Waals surface area (Å²) in [6.07, 6.45) is 5.47. The van der Waals surface area contributed by atoms with Gasteiger partial charge in [-0.3, -0.25) is 4.79 Å². The number of halogens is 1. The van der Waals surface area contributed by atoms with E-state index in [0.717, 1.165) is 34.0 Å². The molecule has 0 atom stereocenters. The van der Waals surface area contributed by atoms with Crippen LogP contribution in [0.3, 0.4) is 0 Å². The minimum Gasteiger partial charge on any atom is -0.496 e. The third-order valence-corrected chi connectivity index (χ3v) is 5.25. The normalized spacial score (nSPS) is 20.5. The second-order valence-electron chi connectivity index (χ2n) is 5.24. The van der Waals surface area contributed by atoms with Gasteiger partial charge in [-0.2, -0.15) is 4.99 Å². The molecule has 1 fully saturated rings. The van der Waals surface area contributed by atoms with E-state index in [0.29, 0.717) is 4.91 Å². The van der Waals surface area contributed by atoms with Gasteiger partial charge in [0.25, 0.3) is 5.91 Å². The molecule has 0 N–H and O–H groups in total. The molecule has 1 aromatic rings. The van der Waals surface area contributed by atoms with E-state index >= 15 is 0 Å². The number of rotatable bonds is 2. The second kappa shape index (κ2) is 6.87. The molecule has 1 saturated heterocycles. The average Bonchev–Trinajstić information content (AvgIpc) is 2.90. The van der Waals surface area contributed by atoms with Crippen molar-refractivity contribution in [2.24, 2.45) is 4.99 Å². The van der Waals surface area contributed by atoms with E-state index in [9.17, 15) is 4.79 Å². The number of thioether (sulfide) groups is 1. The minimum atomic E-state index is -0.160. The number of hydrogen-bond acceptors (Lipinski definition) is 4. The predicted octanol–water partition coefficient (Wildman–Crippen LogP) is 3.91. The summed E-state index contributed by atoms with van der Waals surface area (Å²) in [7, 11) is 1.63. The number of carbonyl (C=O) groups is 1. The molecule has 3 rings (SSSR count). The van der Waals surface area contributed by atoms with Crippen LogP contribution in [0.2, 0.25) is 0 Å². The first kappa shape index (κ1) is 15.6. The fraction of sp³-hybridized carbons (Fsp3) is 0.375. The lowest BCUT2D eigenvalue weighted by atomic mass is 10.1. The van der Waals surface area contributed by atoms with Gasteiger partial charge in [-0.25, -0.2) is 0 Å². The van der Waals surface area contributed by atoms with Gasteiger partial charge in [0.05, 0.1) is 12.0 Å². The molecular formula is C16H17BrN2O2S. The lowest BCUT2D eigenvalue weighted by Crippen LogP contribution is -2.33. The van der Waals surface area contributed by atoms with Crippen molar-refractivity contribution in [2.75, 3.05) is 20.2 Å². The topological polar surface area (TPSA) is 41.9 Å². The highest BCUT2D eigenvalue weighted by molar-refractivity contribution is 9.10. The van der Waals surface area contributed by atoms with Crippen molar-refractivity contribution in [1.82, 2.24) is 4.90 Å². The zero-order valence-corrected chi connectivity index (χ0v) is 14.7. The Morgan fingerprint density at radius 2 is 2.09 bits per heavy atom. The first-order valence-electron chi connectivity index (χ1n) is 7.28. The number of amidine groups is 1. The van der Waals surface area contributed by atoms with Gasteiger partial charge in [-0.05, 0) is 55.3 Å². The monoisotopic (exact) mass is 380 g/mol. The Balaban J connectivity index is 1.82. The summed E-state index contributed by atoms with van der Waals surface area (Å²) in [5.41, 5.74) is 0.878. The van der Waals surface area contributed by atoms with Gasteiger partial charge < -0.3 is 9.64 Å². The summed E-state index contributed by atoms with van der Waals surface area (Å²) in [5, 5.41) is 0.838. The van der Waals surface area contributed by atoms with Gasteiger partial charge in [0.15, 0.2) is 5.17 Å². The number of piperidine rings is 1. The molecule has 1 amide bonds. The van der Waals surface area contributed by atoms with E-state index in [4.69, 9.17) is 4.74 Å². The number of nitrogens with zero attached hydrogens (tertiary/aromatic N) is 2. The van der Waals surface area contributed by atoms with Crippen LogP contribution in [-0.4, -0.2) is 36.2 Å². The smallest absolute Gasteiger partial charge is 0.286 e. The van der Waals surface area contributed by atoms with Crippen LogP contribution in [0.25, 0.3) is 6.08 Å². The molecule has 0 aliphatic carbocycles. The van der Waals surface area contributed by atoms with Crippen LogP contribution in [0.4, 0.5) is 0 Å². The Kier molecular flexibility index (Phi) is 4.88. The standard InChI is InChI=1S/C16H17BrN2O2S/c1-21-13-6-5-12(17)9-11(13)10-14-15(20)18-16(22-14)19-7-3-2-4-8-19/h5-6,9-10H,2-4,7-8H2,1H3/b14-10-. The number of carbonyl (C=O) groups excluding carboxylic acids is 1. The summed E-state index contributed by atoms with van der Waals surface area (Å²) in [5.74, 6) is 0.586. The van der Waals surface area contributed by atoms with E-state index in [2.05, 4.69) is 25.8 Å². The van der Waals surface area contributed by atoms with Gasteiger partial charge in [-0.1, -0.05) is 15.9 Å². The zero-order chi connectivity index (χ0) is 15.5. The van der Waals surface area contributed by atoms with Crippen LogP contribution in [0, 0.1) is 0 Å². The van der Waals surface area contributed by atoms with Crippen LogP contribution >= 0.6 is 27.7 Å². The van der Waals surface area contributed by atoms with Crippen LogP contribution in [-0.2, 0) is 4.79 Å². The second-order valence-corrected chi connectivity index (χ2v) is 7.17. The van der Waals surface area contributed by atoms with Crippen LogP contribution in [0.5, 0.6) is 5.75 Å². The molecule has 2 aliphatic rings. The number of likely N-dealkylation sites (tertiary alicyclic amines) is 1. The van der Waals surface area contributed by atoms with E-state index in [1.54, 1.807) is 7.11 Å². The van der Waals surface area contributed by atoms with Gasteiger partial charge >= 0.3 is 0 Å². The lowest BCUT2D eigenvalue weighted by molar-refractivity contribution is -0.113. The molecule has 22 heavy (non-hydrogen) atoms. The molecule has 2 heterocycles. The van der Waals surface area contributed by atoms with Gasteiger partial charge in [-0.15, -0.1) is 0 Å². The summed E-state index contributed by atoms with van der Waals surface area (Å²) in [6, 6.07) is 5.74. The molecule has 0 radical (unpaired) electrons. The average molecular weight is 381 g/mol. The molecular weight excluding hydrogens is 364 g/mol. The molecule has 0 saturated carbocycles. The van der Waals surface area contributed by atoms with Crippen molar-refractivity contribution in [3.63, 3.8) is 0 Å². The molecule has 6 heteroatoms. The number of methoxy groups -OCH3 is 1. The fourth-order valence-electron chi connectivity index (χ4n) is 2.58. The number of hydrogen-bond donors (Lipinski definition) is 0. The van der Waals surface area contributed by atoms with E-state index in [-0.39, 0.29) is 5.91 Å². The fourth-order valence-corrected chi connectivity index (χ4v) is 3.91. The highest BCUT2D eigenvalue weighted by Crippen LogP contribution is 2.34. The first-order chi connectivity index (χ1) is 10.7. The largest absolute Gasteiger partial charge is 0.496 e. The lowest BCUT2D eigenvalue weighted by Gasteiger charge is -2.27. The van der Waals surface area contributed by atoms with Crippen molar-refractivity contribution in [3.8, 4) is 5.75 Å². The van der Waals surface area contributed by atoms with E-state index in [1.165, 1.54) is 31.0 Å². The van der Waals surface area contributed by atoms with Crippen molar-refractivity contribution in [2.45, 2.75) is 19.3 Å². The van der Waals surface area contributed by atoms with Crippen LogP contribution < -0.4 is 4.74 Å². The zero-order valence-electron chi connectivity index (χ0n) is 12.3. The summed E-state index contributed by atoms with van der Waals surface area (Å²) in [4.78, 5) is 19.2.